The Morgan fingerprint density at radius 2 is 2.11 bits per heavy atom. The number of carbonyl (C=O) groups excluding carboxylic acids is 1. The highest BCUT2D eigenvalue weighted by Gasteiger charge is 2.13. The van der Waals surface area contributed by atoms with E-state index >= 15 is 0 Å². The largest absolute Gasteiger partial charge is 0.469 e. The standard InChI is InChI=1S/C21H18N4O2S/c1-15-18(9-10-27-15)21(26)23-22-12-17-14-25(13-16-6-3-2-4-7-16)24-20(17)19-8-5-11-28-19/h2-12,14H,13H2,1H3,(H,23,26)/b22-12-. The third-order valence-electron chi connectivity index (χ3n) is 4.21. The van der Waals surface area contributed by atoms with E-state index in [1.165, 1.54) is 6.26 Å². The monoisotopic (exact) mass is 390 g/mol. The molecule has 4 aromatic rings. The minimum Gasteiger partial charge on any atom is -0.469 e. The van der Waals surface area contributed by atoms with Gasteiger partial charge in [-0.25, -0.2) is 5.43 Å². The number of amides is 1. The van der Waals surface area contributed by atoms with Gasteiger partial charge in [0.05, 0.1) is 29.5 Å². The van der Waals surface area contributed by atoms with E-state index in [4.69, 9.17) is 9.52 Å². The number of nitrogens with zero attached hydrogens (tertiary/aromatic N) is 3. The lowest BCUT2D eigenvalue weighted by atomic mass is 10.2. The first kappa shape index (κ1) is 17.9. The van der Waals surface area contributed by atoms with Crippen molar-refractivity contribution in [3.63, 3.8) is 0 Å². The summed E-state index contributed by atoms with van der Waals surface area (Å²) >= 11 is 1.61. The SMILES string of the molecule is Cc1occc1C(=O)N/N=C\c1cn(Cc2ccccc2)nc1-c1cccs1. The summed E-state index contributed by atoms with van der Waals surface area (Å²) in [5, 5.41) is 10.8. The summed E-state index contributed by atoms with van der Waals surface area (Å²) in [6.45, 7) is 2.40. The normalized spacial score (nSPS) is 11.2. The van der Waals surface area contributed by atoms with Gasteiger partial charge in [-0.15, -0.1) is 11.3 Å². The second-order valence-electron chi connectivity index (χ2n) is 6.18. The van der Waals surface area contributed by atoms with Crippen molar-refractivity contribution >= 4 is 23.5 Å². The maximum absolute atomic E-state index is 12.2. The Kier molecular flexibility index (Phi) is 5.16. The molecule has 0 bridgehead atoms. The lowest BCUT2D eigenvalue weighted by molar-refractivity contribution is 0.0953. The number of nitrogens with one attached hydrogen (secondary N) is 1. The molecule has 28 heavy (non-hydrogen) atoms. The van der Waals surface area contributed by atoms with Crippen molar-refractivity contribution in [3.05, 3.63) is 88.8 Å². The number of hydrogen-bond acceptors (Lipinski definition) is 5. The van der Waals surface area contributed by atoms with Crippen molar-refractivity contribution in [2.75, 3.05) is 0 Å². The van der Waals surface area contributed by atoms with Crippen LogP contribution in [0.25, 0.3) is 10.6 Å². The van der Waals surface area contributed by atoms with Gasteiger partial charge in [-0.05, 0) is 30.0 Å². The number of furan rings is 1. The number of carbonyl (C=O) groups is 1. The Bertz CT molecular complexity index is 1090. The highest BCUT2D eigenvalue weighted by molar-refractivity contribution is 7.13. The summed E-state index contributed by atoms with van der Waals surface area (Å²) in [6, 6.07) is 15.8. The number of aromatic nitrogens is 2. The Balaban J connectivity index is 1.56. The fourth-order valence-electron chi connectivity index (χ4n) is 2.83. The molecule has 0 atom stereocenters. The molecule has 3 aromatic heterocycles. The van der Waals surface area contributed by atoms with Crippen LogP contribution in [0.2, 0.25) is 0 Å². The molecule has 1 amide bonds. The van der Waals surface area contributed by atoms with E-state index in [1.807, 2.05) is 46.6 Å². The lowest BCUT2D eigenvalue weighted by Crippen LogP contribution is -2.17. The first-order valence-corrected chi connectivity index (χ1v) is 9.61. The Morgan fingerprint density at radius 3 is 2.82 bits per heavy atom. The molecule has 0 aliphatic heterocycles. The molecule has 7 heteroatoms. The maximum atomic E-state index is 12.2. The van der Waals surface area contributed by atoms with Crippen LogP contribution >= 0.6 is 11.3 Å². The van der Waals surface area contributed by atoms with Crippen LogP contribution in [0.5, 0.6) is 0 Å². The van der Waals surface area contributed by atoms with Crippen LogP contribution in [0.4, 0.5) is 0 Å². The molecule has 0 aliphatic carbocycles. The van der Waals surface area contributed by atoms with E-state index in [2.05, 4.69) is 22.7 Å². The molecular weight excluding hydrogens is 372 g/mol. The van der Waals surface area contributed by atoms with Gasteiger partial charge in [0.25, 0.3) is 5.91 Å². The lowest BCUT2D eigenvalue weighted by Gasteiger charge is -2.00. The quantitative estimate of drug-likeness (QED) is 0.393. The van der Waals surface area contributed by atoms with Gasteiger partial charge >= 0.3 is 0 Å². The molecule has 1 aromatic carbocycles. The van der Waals surface area contributed by atoms with E-state index in [0.29, 0.717) is 17.9 Å². The van der Waals surface area contributed by atoms with E-state index in [0.717, 1.165) is 21.7 Å². The minimum atomic E-state index is -0.308. The van der Waals surface area contributed by atoms with Gasteiger partial charge in [0.15, 0.2) is 0 Å². The molecule has 0 saturated heterocycles. The average Bonchev–Trinajstić information content (AvgIpc) is 3.43. The van der Waals surface area contributed by atoms with E-state index in [9.17, 15) is 4.79 Å². The molecule has 4 rings (SSSR count). The number of hydrazone groups is 1. The Morgan fingerprint density at radius 1 is 1.25 bits per heavy atom. The molecule has 0 aliphatic rings. The summed E-state index contributed by atoms with van der Waals surface area (Å²) < 4.78 is 7.04. The maximum Gasteiger partial charge on any atom is 0.274 e. The second kappa shape index (κ2) is 8.06. The van der Waals surface area contributed by atoms with Crippen molar-refractivity contribution in [2.45, 2.75) is 13.5 Å². The molecule has 0 saturated carbocycles. The van der Waals surface area contributed by atoms with Crippen molar-refractivity contribution in [2.24, 2.45) is 5.10 Å². The Labute approximate surface area is 166 Å². The van der Waals surface area contributed by atoms with Crippen molar-refractivity contribution in [1.82, 2.24) is 15.2 Å². The van der Waals surface area contributed by atoms with Crippen molar-refractivity contribution in [1.29, 1.82) is 0 Å². The molecule has 1 N–H and O–H groups in total. The predicted octanol–water partition coefficient (Wildman–Crippen LogP) is 4.33. The topological polar surface area (TPSA) is 72.4 Å². The fourth-order valence-corrected chi connectivity index (χ4v) is 3.56. The summed E-state index contributed by atoms with van der Waals surface area (Å²) in [4.78, 5) is 13.2. The van der Waals surface area contributed by atoms with Gasteiger partial charge in [-0.2, -0.15) is 10.2 Å². The summed E-state index contributed by atoms with van der Waals surface area (Å²) in [5.41, 5.74) is 5.84. The summed E-state index contributed by atoms with van der Waals surface area (Å²) in [7, 11) is 0. The number of aryl methyl sites for hydroxylation is 1. The first-order valence-electron chi connectivity index (χ1n) is 8.73. The minimum absolute atomic E-state index is 0.308. The van der Waals surface area contributed by atoms with Crippen LogP contribution in [0.1, 0.15) is 27.2 Å². The number of hydrogen-bond donors (Lipinski definition) is 1. The van der Waals surface area contributed by atoms with Crippen molar-refractivity contribution in [3.8, 4) is 10.6 Å². The summed E-state index contributed by atoms with van der Waals surface area (Å²) in [5.74, 6) is 0.250. The fraction of sp³-hybridized carbons (Fsp3) is 0.0952. The molecule has 0 radical (unpaired) electrons. The van der Waals surface area contributed by atoms with E-state index < -0.39 is 0 Å². The third kappa shape index (κ3) is 3.94. The van der Waals surface area contributed by atoms with Gasteiger partial charge in [0, 0.05) is 11.8 Å². The van der Waals surface area contributed by atoms with Gasteiger partial charge in [0.1, 0.15) is 11.5 Å². The molecular formula is C21H18N4O2S. The zero-order valence-corrected chi connectivity index (χ0v) is 16.0. The molecule has 140 valence electrons. The van der Waals surface area contributed by atoms with Crippen LogP contribution in [-0.4, -0.2) is 21.9 Å². The summed E-state index contributed by atoms with van der Waals surface area (Å²) in [6.07, 6.45) is 5.04. The highest BCUT2D eigenvalue weighted by Crippen LogP contribution is 2.26. The second-order valence-corrected chi connectivity index (χ2v) is 7.13. The zero-order chi connectivity index (χ0) is 19.3. The number of benzene rings is 1. The first-order chi connectivity index (χ1) is 13.7. The molecule has 0 unspecified atom stereocenters. The smallest absolute Gasteiger partial charge is 0.274 e. The molecule has 0 fully saturated rings. The number of rotatable bonds is 6. The molecule has 3 heterocycles. The van der Waals surface area contributed by atoms with E-state index in [1.54, 1.807) is 30.5 Å². The third-order valence-corrected chi connectivity index (χ3v) is 5.08. The zero-order valence-electron chi connectivity index (χ0n) is 15.2. The highest BCUT2D eigenvalue weighted by atomic mass is 32.1. The van der Waals surface area contributed by atoms with Crippen LogP contribution in [0.3, 0.4) is 0 Å². The van der Waals surface area contributed by atoms with Crippen LogP contribution in [0.15, 0.2) is 75.9 Å². The van der Waals surface area contributed by atoms with Crippen LogP contribution in [0, 0.1) is 6.92 Å². The predicted molar refractivity (Wildman–Crippen MR) is 110 cm³/mol. The number of thiophene rings is 1. The van der Waals surface area contributed by atoms with Gasteiger partial charge < -0.3 is 4.42 Å². The Hall–Kier alpha value is -3.45. The van der Waals surface area contributed by atoms with Crippen molar-refractivity contribution < 1.29 is 9.21 Å². The van der Waals surface area contributed by atoms with Crippen LogP contribution < -0.4 is 5.43 Å². The average molecular weight is 390 g/mol. The van der Waals surface area contributed by atoms with Gasteiger partial charge in [0.2, 0.25) is 0 Å². The molecule has 6 nitrogen and oxygen atoms in total. The van der Waals surface area contributed by atoms with E-state index in [-0.39, 0.29) is 5.91 Å². The van der Waals surface area contributed by atoms with Gasteiger partial charge in [-0.3, -0.25) is 9.48 Å². The molecule has 0 spiro atoms. The van der Waals surface area contributed by atoms with Crippen LogP contribution in [-0.2, 0) is 6.54 Å². The van der Waals surface area contributed by atoms with Gasteiger partial charge in [-0.1, -0.05) is 36.4 Å².